The lowest BCUT2D eigenvalue weighted by Crippen LogP contribution is -2.03. The summed E-state index contributed by atoms with van der Waals surface area (Å²) in [5.41, 5.74) is 0.813. The third-order valence-corrected chi connectivity index (χ3v) is 2.70. The maximum atomic E-state index is 10.7. The van der Waals surface area contributed by atoms with Gasteiger partial charge < -0.3 is 10.2 Å². The molecule has 2 N–H and O–H groups in total. The molecule has 0 bridgehead atoms. The summed E-state index contributed by atoms with van der Waals surface area (Å²) in [6.07, 6.45) is 1.70. The van der Waals surface area contributed by atoms with Crippen LogP contribution in [0.5, 0.6) is 0 Å². The standard InChI is InChI=1S/C10H10O4S/c1-15-8-4-7(10(13)14)3-2-6(8)5-9(11)12/h2-4H,5H2,1H3,(H,11,12)(H,13,14). The van der Waals surface area contributed by atoms with Crippen LogP contribution in [0.25, 0.3) is 0 Å². The van der Waals surface area contributed by atoms with E-state index in [1.165, 1.54) is 23.9 Å². The molecule has 80 valence electrons. The van der Waals surface area contributed by atoms with Crippen molar-refractivity contribution in [3.05, 3.63) is 29.3 Å². The minimum atomic E-state index is -1.01. The average molecular weight is 226 g/mol. The lowest BCUT2D eigenvalue weighted by molar-refractivity contribution is -0.136. The van der Waals surface area contributed by atoms with E-state index in [0.717, 1.165) is 0 Å². The first-order valence-electron chi connectivity index (χ1n) is 4.16. The third-order valence-electron chi connectivity index (χ3n) is 1.88. The molecule has 0 fully saturated rings. The quantitative estimate of drug-likeness (QED) is 0.765. The van der Waals surface area contributed by atoms with Crippen LogP contribution < -0.4 is 0 Å². The van der Waals surface area contributed by atoms with Crippen molar-refractivity contribution >= 4 is 23.7 Å². The van der Waals surface area contributed by atoms with Gasteiger partial charge in [0.15, 0.2) is 0 Å². The van der Waals surface area contributed by atoms with Crippen molar-refractivity contribution in [2.75, 3.05) is 6.26 Å². The molecule has 0 amide bonds. The lowest BCUT2D eigenvalue weighted by Gasteiger charge is -2.05. The highest BCUT2D eigenvalue weighted by atomic mass is 32.2. The maximum absolute atomic E-state index is 10.7. The summed E-state index contributed by atoms with van der Waals surface area (Å²) in [5, 5.41) is 17.4. The Morgan fingerprint density at radius 1 is 1.33 bits per heavy atom. The van der Waals surface area contributed by atoms with Gasteiger partial charge in [-0.1, -0.05) is 6.07 Å². The van der Waals surface area contributed by atoms with Crippen molar-refractivity contribution < 1.29 is 19.8 Å². The molecule has 1 aromatic rings. The number of rotatable bonds is 4. The van der Waals surface area contributed by atoms with Crippen molar-refractivity contribution in [3.8, 4) is 0 Å². The van der Waals surface area contributed by atoms with Gasteiger partial charge in [-0.2, -0.15) is 0 Å². The first-order chi connectivity index (χ1) is 7.04. The van der Waals surface area contributed by atoms with Crippen molar-refractivity contribution in [2.45, 2.75) is 11.3 Å². The van der Waals surface area contributed by atoms with Crippen LogP contribution in [0.4, 0.5) is 0 Å². The summed E-state index contributed by atoms with van der Waals surface area (Å²) in [6.45, 7) is 0. The number of aromatic carboxylic acids is 1. The van der Waals surface area contributed by atoms with E-state index in [2.05, 4.69) is 0 Å². The molecule has 0 aliphatic rings. The highest BCUT2D eigenvalue weighted by molar-refractivity contribution is 7.98. The molecule has 1 rings (SSSR count). The Labute approximate surface area is 90.9 Å². The molecule has 0 saturated heterocycles. The Hall–Kier alpha value is -1.49. The van der Waals surface area contributed by atoms with E-state index >= 15 is 0 Å². The molecule has 0 unspecified atom stereocenters. The van der Waals surface area contributed by atoms with E-state index in [9.17, 15) is 9.59 Å². The second-order valence-corrected chi connectivity index (χ2v) is 3.75. The Bertz CT molecular complexity index is 400. The van der Waals surface area contributed by atoms with Crippen LogP contribution in [0, 0.1) is 0 Å². The van der Waals surface area contributed by atoms with Crippen LogP contribution in [0.1, 0.15) is 15.9 Å². The number of carboxylic acid groups (broad SMARTS) is 2. The van der Waals surface area contributed by atoms with Gasteiger partial charge in [0.1, 0.15) is 0 Å². The fourth-order valence-electron chi connectivity index (χ4n) is 1.19. The number of benzene rings is 1. The SMILES string of the molecule is CSc1cc(C(=O)O)ccc1CC(=O)O. The second kappa shape index (κ2) is 4.84. The number of hydrogen-bond acceptors (Lipinski definition) is 3. The fourth-order valence-corrected chi connectivity index (χ4v) is 1.83. The first-order valence-corrected chi connectivity index (χ1v) is 5.39. The summed E-state index contributed by atoms with van der Waals surface area (Å²) in [7, 11) is 0. The maximum Gasteiger partial charge on any atom is 0.335 e. The van der Waals surface area contributed by atoms with Gasteiger partial charge in [-0.25, -0.2) is 4.79 Å². The summed E-state index contributed by atoms with van der Waals surface area (Å²) >= 11 is 1.34. The molecule has 4 nitrogen and oxygen atoms in total. The minimum Gasteiger partial charge on any atom is -0.481 e. The second-order valence-electron chi connectivity index (χ2n) is 2.90. The van der Waals surface area contributed by atoms with Crippen molar-refractivity contribution in [1.82, 2.24) is 0 Å². The Balaban J connectivity index is 3.08. The van der Waals surface area contributed by atoms with Gasteiger partial charge in [-0.15, -0.1) is 11.8 Å². The predicted molar refractivity (Wildman–Crippen MR) is 56.5 cm³/mol. The smallest absolute Gasteiger partial charge is 0.335 e. The molecule has 0 spiro atoms. The monoisotopic (exact) mass is 226 g/mol. The van der Waals surface area contributed by atoms with Gasteiger partial charge in [0.05, 0.1) is 12.0 Å². The zero-order valence-corrected chi connectivity index (χ0v) is 8.87. The molecule has 0 saturated carbocycles. The van der Waals surface area contributed by atoms with E-state index in [0.29, 0.717) is 10.5 Å². The molecular formula is C10H10O4S. The lowest BCUT2D eigenvalue weighted by atomic mass is 10.1. The van der Waals surface area contributed by atoms with Gasteiger partial charge >= 0.3 is 11.9 Å². The number of aliphatic carboxylic acids is 1. The van der Waals surface area contributed by atoms with Crippen molar-refractivity contribution in [3.63, 3.8) is 0 Å². The van der Waals surface area contributed by atoms with E-state index in [1.807, 2.05) is 0 Å². The molecule has 5 heteroatoms. The minimum absolute atomic E-state index is 0.0872. The molecule has 0 radical (unpaired) electrons. The Morgan fingerprint density at radius 3 is 2.47 bits per heavy atom. The predicted octanol–water partition coefficient (Wildman–Crippen LogP) is 1.73. The highest BCUT2D eigenvalue weighted by Crippen LogP contribution is 2.22. The number of carboxylic acids is 2. The van der Waals surface area contributed by atoms with Crippen LogP contribution in [-0.4, -0.2) is 28.4 Å². The van der Waals surface area contributed by atoms with Gasteiger partial charge in [-0.3, -0.25) is 4.79 Å². The average Bonchev–Trinajstić information content (AvgIpc) is 2.17. The number of thioether (sulfide) groups is 1. The van der Waals surface area contributed by atoms with Crippen LogP contribution in [0.15, 0.2) is 23.1 Å². The molecular weight excluding hydrogens is 216 g/mol. The van der Waals surface area contributed by atoms with E-state index in [-0.39, 0.29) is 12.0 Å². The third kappa shape index (κ3) is 2.99. The van der Waals surface area contributed by atoms with Crippen molar-refractivity contribution in [1.29, 1.82) is 0 Å². The molecule has 0 aliphatic heterocycles. The molecule has 15 heavy (non-hydrogen) atoms. The van der Waals surface area contributed by atoms with Crippen molar-refractivity contribution in [2.24, 2.45) is 0 Å². The van der Waals surface area contributed by atoms with Crippen LogP contribution in [0.3, 0.4) is 0 Å². The van der Waals surface area contributed by atoms with Gasteiger partial charge in [0, 0.05) is 4.90 Å². The zero-order valence-electron chi connectivity index (χ0n) is 8.06. The van der Waals surface area contributed by atoms with Crippen LogP contribution in [0.2, 0.25) is 0 Å². The largest absolute Gasteiger partial charge is 0.481 e. The van der Waals surface area contributed by atoms with Crippen LogP contribution in [-0.2, 0) is 11.2 Å². The Morgan fingerprint density at radius 2 is 2.00 bits per heavy atom. The number of carbonyl (C=O) groups is 2. The molecule has 0 aromatic heterocycles. The van der Waals surface area contributed by atoms with E-state index < -0.39 is 11.9 Å². The normalized spacial score (nSPS) is 9.93. The summed E-state index contributed by atoms with van der Waals surface area (Å²) in [6, 6.07) is 4.45. The zero-order chi connectivity index (χ0) is 11.4. The first kappa shape index (κ1) is 11.6. The summed E-state index contributed by atoms with van der Waals surface area (Å²) in [4.78, 5) is 21.9. The fraction of sp³-hybridized carbons (Fsp3) is 0.200. The molecule has 1 aromatic carbocycles. The van der Waals surface area contributed by atoms with Gasteiger partial charge in [0.2, 0.25) is 0 Å². The van der Waals surface area contributed by atoms with Gasteiger partial charge in [-0.05, 0) is 24.0 Å². The van der Waals surface area contributed by atoms with Crippen LogP contribution >= 0.6 is 11.8 Å². The molecule has 0 atom stereocenters. The topological polar surface area (TPSA) is 74.6 Å². The number of hydrogen-bond donors (Lipinski definition) is 2. The summed E-state index contributed by atoms with van der Waals surface area (Å²) < 4.78 is 0. The molecule has 0 heterocycles. The molecule has 0 aliphatic carbocycles. The summed E-state index contributed by atoms with van der Waals surface area (Å²) in [5.74, 6) is -1.93. The van der Waals surface area contributed by atoms with E-state index in [1.54, 1.807) is 12.3 Å². The highest BCUT2D eigenvalue weighted by Gasteiger charge is 2.10. The Kier molecular flexibility index (Phi) is 3.74. The van der Waals surface area contributed by atoms with E-state index in [4.69, 9.17) is 10.2 Å². The van der Waals surface area contributed by atoms with Gasteiger partial charge in [0.25, 0.3) is 0 Å².